The molecular weight excluding hydrogens is 172 g/mol. The summed E-state index contributed by atoms with van der Waals surface area (Å²) in [4.78, 5) is 0. The van der Waals surface area contributed by atoms with E-state index in [-0.39, 0.29) is 6.61 Å². The maximum Gasteiger partial charge on any atom is 0.157 e. The third kappa shape index (κ3) is 3.91. The van der Waals surface area contributed by atoms with Gasteiger partial charge in [-0.3, -0.25) is 4.68 Å². The number of aryl methyl sites for hydroxylation is 1. The van der Waals surface area contributed by atoms with Gasteiger partial charge in [0.05, 0.1) is 32.2 Å². The molecule has 0 aliphatic carbocycles. The number of aromatic nitrogens is 2. The minimum absolute atomic E-state index is 0.0485. The lowest BCUT2D eigenvalue weighted by molar-refractivity contribution is 0.0705. The summed E-state index contributed by atoms with van der Waals surface area (Å²) >= 11 is 0. The quantitative estimate of drug-likeness (QED) is 0.625. The fourth-order valence-corrected chi connectivity index (χ4v) is 0.858. The highest BCUT2D eigenvalue weighted by molar-refractivity contribution is 5.10. The smallest absolute Gasteiger partial charge is 0.157 e. The lowest BCUT2D eigenvalue weighted by Crippen LogP contribution is -2.08. The number of nitrogens with zero attached hydrogens (tertiary/aromatic N) is 2. The van der Waals surface area contributed by atoms with E-state index >= 15 is 0 Å². The molecular formula is C8H14N2O3. The fraction of sp³-hybridized carbons (Fsp3) is 0.625. The normalized spacial score (nSPS) is 10.3. The second-order valence-corrected chi connectivity index (χ2v) is 2.53. The molecule has 0 amide bonds. The number of hydrogen-bond acceptors (Lipinski definition) is 4. The summed E-state index contributed by atoms with van der Waals surface area (Å²) in [6, 6.07) is 0. The first-order valence-corrected chi connectivity index (χ1v) is 4.13. The largest absolute Gasteiger partial charge is 0.488 e. The summed E-state index contributed by atoms with van der Waals surface area (Å²) < 4.78 is 12.0. The molecule has 0 bridgehead atoms. The van der Waals surface area contributed by atoms with Crippen LogP contribution in [-0.4, -0.2) is 41.3 Å². The Morgan fingerprint density at radius 2 is 2.31 bits per heavy atom. The van der Waals surface area contributed by atoms with Gasteiger partial charge in [0.1, 0.15) is 6.61 Å². The van der Waals surface area contributed by atoms with Gasteiger partial charge in [-0.1, -0.05) is 0 Å². The van der Waals surface area contributed by atoms with Gasteiger partial charge < -0.3 is 14.6 Å². The van der Waals surface area contributed by atoms with Gasteiger partial charge in [-0.2, -0.15) is 5.10 Å². The Balaban J connectivity index is 2.06. The standard InChI is InChI=1S/C8H14N2O3/c1-10-7-8(6-9-10)13-5-4-12-3-2-11/h6-7,11H,2-5H2,1H3. The molecule has 5 nitrogen and oxygen atoms in total. The second-order valence-electron chi connectivity index (χ2n) is 2.53. The Bertz CT molecular complexity index is 237. The molecule has 0 saturated carbocycles. The van der Waals surface area contributed by atoms with Crippen LogP contribution in [-0.2, 0) is 11.8 Å². The van der Waals surface area contributed by atoms with Crippen molar-refractivity contribution in [3.63, 3.8) is 0 Å². The van der Waals surface area contributed by atoms with Gasteiger partial charge >= 0.3 is 0 Å². The topological polar surface area (TPSA) is 56.5 Å². The van der Waals surface area contributed by atoms with E-state index in [4.69, 9.17) is 14.6 Å². The van der Waals surface area contributed by atoms with Crippen LogP contribution in [0.4, 0.5) is 0 Å². The fourth-order valence-electron chi connectivity index (χ4n) is 0.858. The summed E-state index contributed by atoms with van der Waals surface area (Å²) in [5.74, 6) is 0.732. The molecule has 1 aromatic rings. The van der Waals surface area contributed by atoms with E-state index in [2.05, 4.69) is 5.10 Å². The van der Waals surface area contributed by atoms with Crippen molar-refractivity contribution in [2.45, 2.75) is 0 Å². The molecule has 1 aromatic heterocycles. The van der Waals surface area contributed by atoms with Crippen LogP contribution in [0.25, 0.3) is 0 Å². The van der Waals surface area contributed by atoms with Crippen LogP contribution < -0.4 is 4.74 Å². The Morgan fingerprint density at radius 3 is 2.92 bits per heavy atom. The van der Waals surface area contributed by atoms with E-state index < -0.39 is 0 Å². The molecule has 0 saturated heterocycles. The van der Waals surface area contributed by atoms with E-state index in [0.717, 1.165) is 5.75 Å². The van der Waals surface area contributed by atoms with Gasteiger partial charge in [0.2, 0.25) is 0 Å². The van der Waals surface area contributed by atoms with Crippen molar-refractivity contribution in [1.29, 1.82) is 0 Å². The van der Waals surface area contributed by atoms with Gasteiger partial charge in [0.25, 0.3) is 0 Å². The Kier molecular flexibility index (Phi) is 4.28. The lowest BCUT2D eigenvalue weighted by Gasteiger charge is -2.02. The molecule has 0 aliphatic rings. The van der Waals surface area contributed by atoms with E-state index in [1.807, 2.05) is 7.05 Å². The lowest BCUT2D eigenvalue weighted by atomic mass is 10.6. The van der Waals surface area contributed by atoms with Crippen LogP contribution >= 0.6 is 0 Å². The zero-order valence-corrected chi connectivity index (χ0v) is 7.64. The van der Waals surface area contributed by atoms with Crippen LogP contribution in [0, 0.1) is 0 Å². The van der Waals surface area contributed by atoms with Crippen molar-refractivity contribution < 1.29 is 14.6 Å². The Morgan fingerprint density at radius 1 is 1.46 bits per heavy atom. The van der Waals surface area contributed by atoms with Gasteiger partial charge in [-0.15, -0.1) is 0 Å². The van der Waals surface area contributed by atoms with Crippen molar-refractivity contribution >= 4 is 0 Å². The zero-order chi connectivity index (χ0) is 9.52. The van der Waals surface area contributed by atoms with Crippen LogP contribution in [0.3, 0.4) is 0 Å². The molecule has 1 N–H and O–H groups in total. The van der Waals surface area contributed by atoms with Crippen molar-refractivity contribution in [2.24, 2.45) is 7.05 Å². The van der Waals surface area contributed by atoms with Gasteiger partial charge in [0, 0.05) is 7.05 Å². The highest BCUT2D eigenvalue weighted by Gasteiger charge is 1.95. The average Bonchev–Trinajstić information content (AvgIpc) is 2.51. The van der Waals surface area contributed by atoms with Gasteiger partial charge in [-0.05, 0) is 0 Å². The molecule has 1 heterocycles. The minimum atomic E-state index is 0.0485. The maximum atomic E-state index is 8.41. The maximum absolute atomic E-state index is 8.41. The number of aliphatic hydroxyl groups excluding tert-OH is 1. The average molecular weight is 186 g/mol. The Hall–Kier alpha value is -1.07. The van der Waals surface area contributed by atoms with Crippen molar-refractivity contribution in [3.8, 4) is 5.75 Å². The van der Waals surface area contributed by atoms with E-state index in [1.54, 1.807) is 17.1 Å². The molecule has 0 spiro atoms. The molecule has 0 aromatic carbocycles. The number of hydrogen-bond donors (Lipinski definition) is 1. The van der Waals surface area contributed by atoms with Crippen LogP contribution in [0.15, 0.2) is 12.4 Å². The predicted octanol–water partition coefficient (Wildman–Crippen LogP) is -0.192. The second kappa shape index (κ2) is 5.55. The van der Waals surface area contributed by atoms with Crippen LogP contribution in [0.5, 0.6) is 5.75 Å². The van der Waals surface area contributed by atoms with Crippen molar-refractivity contribution in [3.05, 3.63) is 12.4 Å². The summed E-state index contributed by atoms with van der Waals surface area (Å²) in [7, 11) is 1.83. The van der Waals surface area contributed by atoms with Crippen molar-refractivity contribution in [2.75, 3.05) is 26.4 Å². The molecule has 0 unspecified atom stereocenters. The van der Waals surface area contributed by atoms with Crippen molar-refractivity contribution in [1.82, 2.24) is 9.78 Å². The summed E-state index contributed by atoms with van der Waals surface area (Å²) in [5.41, 5.74) is 0. The molecule has 74 valence electrons. The van der Waals surface area contributed by atoms with Gasteiger partial charge in [-0.25, -0.2) is 0 Å². The Labute approximate surface area is 76.9 Å². The molecule has 0 atom stereocenters. The minimum Gasteiger partial charge on any atom is -0.488 e. The zero-order valence-electron chi connectivity index (χ0n) is 7.64. The first-order chi connectivity index (χ1) is 6.33. The monoisotopic (exact) mass is 186 g/mol. The molecule has 0 radical (unpaired) electrons. The molecule has 13 heavy (non-hydrogen) atoms. The van der Waals surface area contributed by atoms with E-state index in [1.165, 1.54) is 0 Å². The highest BCUT2D eigenvalue weighted by Crippen LogP contribution is 2.05. The van der Waals surface area contributed by atoms with Gasteiger partial charge in [0.15, 0.2) is 5.75 Å². The molecule has 0 aliphatic heterocycles. The molecule has 0 fully saturated rings. The summed E-state index contributed by atoms with van der Waals surface area (Å²) in [6.07, 6.45) is 3.43. The third-order valence-corrected chi connectivity index (χ3v) is 1.41. The first-order valence-electron chi connectivity index (χ1n) is 4.13. The number of ether oxygens (including phenoxy) is 2. The number of rotatable bonds is 6. The summed E-state index contributed by atoms with van der Waals surface area (Å²) in [6.45, 7) is 1.37. The third-order valence-electron chi connectivity index (χ3n) is 1.41. The number of aliphatic hydroxyl groups is 1. The highest BCUT2D eigenvalue weighted by atomic mass is 16.5. The molecule has 5 heteroatoms. The first kappa shape index (κ1) is 10.0. The van der Waals surface area contributed by atoms with Crippen LogP contribution in [0.1, 0.15) is 0 Å². The predicted molar refractivity (Wildman–Crippen MR) is 46.6 cm³/mol. The van der Waals surface area contributed by atoms with Crippen LogP contribution in [0.2, 0.25) is 0 Å². The molecule has 1 rings (SSSR count). The summed E-state index contributed by atoms with van der Waals surface area (Å²) in [5, 5.41) is 12.3. The SMILES string of the molecule is Cn1cc(OCCOCCO)cn1. The van der Waals surface area contributed by atoms with E-state index in [9.17, 15) is 0 Å². The van der Waals surface area contributed by atoms with E-state index in [0.29, 0.717) is 19.8 Å².